The van der Waals surface area contributed by atoms with Gasteiger partial charge in [0.1, 0.15) is 11.5 Å². The summed E-state index contributed by atoms with van der Waals surface area (Å²) in [5.41, 5.74) is 7.23. The zero-order chi connectivity index (χ0) is 19.4. The van der Waals surface area contributed by atoms with Crippen LogP contribution in [0.15, 0.2) is 24.3 Å². The molecule has 154 valence electrons. The highest BCUT2D eigenvalue weighted by molar-refractivity contribution is 6.06. The number of nitrogens with two attached hydrogens (primary N) is 1. The molecule has 1 aliphatic rings. The Kier molecular flexibility index (Phi) is 7.96. The largest absolute Gasteiger partial charge is 0.496 e. The monoisotopic (exact) mass is 406 g/mol. The van der Waals surface area contributed by atoms with Gasteiger partial charge in [-0.1, -0.05) is 25.5 Å². The number of unbranched alkanes of at least 4 members (excludes halogenated alkanes) is 1. The maximum atomic E-state index is 12.3. The number of halogens is 1. The molecular weight excluding hydrogens is 376 g/mol. The Balaban J connectivity index is 0.00000280. The number of amides is 1. The van der Waals surface area contributed by atoms with E-state index in [4.69, 9.17) is 15.2 Å². The highest BCUT2D eigenvalue weighted by Crippen LogP contribution is 2.38. The number of hydrogen-bond acceptors (Lipinski definition) is 4. The van der Waals surface area contributed by atoms with Crippen LogP contribution in [0.2, 0.25) is 0 Å². The molecule has 1 fully saturated rings. The molecule has 2 aromatic rings. The molecule has 0 radical (unpaired) electrons. The lowest BCUT2D eigenvalue weighted by Crippen LogP contribution is -2.32. The third kappa shape index (κ3) is 4.36. The van der Waals surface area contributed by atoms with Crippen LogP contribution in [0, 0.1) is 0 Å². The number of likely N-dealkylation sites (tertiary alicyclic amines) is 1. The predicted molar refractivity (Wildman–Crippen MR) is 116 cm³/mol. The van der Waals surface area contributed by atoms with E-state index in [9.17, 15) is 4.79 Å². The molecule has 3 rings (SSSR count). The Bertz CT molecular complexity index is 825. The van der Waals surface area contributed by atoms with Gasteiger partial charge in [-0.3, -0.25) is 4.79 Å². The van der Waals surface area contributed by atoms with Gasteiger partial charge in [-0.15, -0.1) is 12.4 Å². The van der Waals surface area contributed by atoms with Gasteiger partial charge in [0, 0.05) is 16.8 Å². The van der Waals surface area contributed by atoms with Gasteiger partial charge in [-0.2, -0.15) is 0 Å². The van der Waals surface area contributed by atoms with E-state index < -0.39 is 5.91 Å². The number of hydrogen-bond donors (Lipinski definition) is 1. The lowest BCUT2D eigenvalue weighted by molar-refractivity contribution is 0.0996. The molecule has 1 amide bonds. The topological polar surface area (TPSA) is 64.8 Å². The second kappa shape index (κ2) is 9.99. The number of ether oxygens (including phenoxy) is 2. The van der Waals surface area contributed by atoms with Crippen molar-refractivity contribution in [3.63, 3.8) is 0 Å². The first-order chi connectivity index (χ1) is 13.1. The molecule has 5 nitrogen and oxygen atoms in total. The van der Waals surface area contributed by atoms with E-state index in [-0.39, 0.29) is 12.4 Å². The van der Waals surface area contributed by atoms with Crippen molar-refractivity contribution in [1.82, 2.24) is 4.90 Å². The molecule has 0 aliphatic carbocycles. The van der Waals surface area contributed by atoms with E-state index in [1.165, 1.54) is 19.3 Å². The molecule has 2 aromatic carbocycles. The number of fused-ring (bicyclic) bond motifs is 1. The van der Waals surface area contributed by atoms with Crippen LogP contribution in [-0.2, 0) is 6.42 Å². The summed E-state index contributed by atoms with van der Waals surface area (Å²) in [5, 5.41) is 1.80. The van der Waals surface area contributed by atoms with Crippen LogP contribution >= 0.6 is 12.4 Å². The zero-order valence-electron chi connectivity index (χ0n) is 17.0. The maximum absolute atomic E-state index is 12.3. The fraction of sp³-hybridized carbons (Fsp3) is 0.500. The number of rotatable bonds is 8. The van der Waals surface area contributed by atoms with E-state index >= 15 is 0 Å². The molecule has 1 heterocycles. The summed E-state index contributed by atoms with van der Waals surface area (Å²) < 4.78 is 11.2. The van der Waals surface area contributed by atoms with Crippen LogP contribution in [0.5, 0.6) is 11.5 Å². The second-order valence-electron chi connectivity index (χ2n) is 7.25. The molecule has 2 N–H and O–H groups in total. The molecule has 1 saturated heterocycles. The molecule has 6 heteroatoms. The fourth-order valence-electron chi connectivity index (χ4n) is 4.27. The first-order valence-corrected chi connectivity index (χ1v) is 9.81. The van der Waals surface area contributed by atoms with Gasteiger partial charge in [0.2, 0.25) is 0 Å². The third-order valence-corrected chi connectivity index (χ3v) is 5.60. The van der Waals surface area contributed by atoms with Crippen molar-refractivity contribution in [2.75, 3.05) is 27.3 Å². The van der Waals surface area contributed by atoms with Crippen LogP contribution in [0.3, 0.4) is 0 Å². The molecule has 0 aromatic heterocycles. The smallest absolute Gasteiger partial charge is 0.252 e. The van der Waals surface area contributed by atoms with Crippen molar-refractivity contribution in [1.29, 1.82) is 0 Å². The molecule has 0 spiro atoms. The Morgan fingerprint density at radius 2 is 2.04 bits per heavy atom. The summed E-state index contributed by atoms with van der Waals surface area (Å²) in [6, 6.07) is 8.27. The maximum Gasteiger partial charge on any atom is 0.252 e. The number of carbonyl (C=O) groups is 1. The van der Waals surface area contributed by atoms with Crippen molar-refractivity contribution in [2.24, 2.45) is 5.73 Å². The van der Waals surface area contributed by atoms with Crippen molar-refractivity contribution in [3.05, 3.63) is 35.4 Å². The Hall–Kier alpha value is -1.98. The number of carbonyl (C=O) groups excluding carboxylic acids is 1. The summed E-state index contributed by atoms with van der Waals surface area (Å²) in [7, 11) is 3.25. The third-order valence-electron chi connectivity index (χ3n) is 5.60. The van der Waals surface area contributed by atoms with Crippen molar-refractivity contribution in [3.8, 4) is 11.5 Å². The summed E-state index contributed by atoms with van der Waals surface area (Å²) in [6.07, 6.45) is 5.54. The Morgan fingerprint density at radius 3 is 2.68 bits per heavy atom. The highest BCUT2D eigenvalue weighted by Gasteiger charge is 2.27. The Labute approximate surface area is 173 Å². The van der Waals surface area contributed by atoms with E-state index in [0.29, 0.717) is 17.4 Å². The molecule has 28 heavy (non-hydrogen) atoms. The quantitative estimate of drug-likeness (QED) is 0.714. The van der Waals surface area contributed by atoms with Gasteiger partial charge in [-0.05, 0) is 56.5 Å². The molecule has 1 atom stereocenters. The highest BCUT2D eigenvalue weighted by atomic mass is 35.5. The minimum absolute atomic E-state index is 0. The molecule has 1 aliphatic heterocycles. The average molecular weight is 407 g/mol. The van der Waals surface area contributed by atoms with Gasteiger partial charge < -0.3 is 20.1 Å². The van der Waals surface area contributed by atoms with Gasteiger partial charge in [-0.25, -0.2) is 0 Å². The van der Waals surface area contributed by atoms with Gasteiger partial charge in [0.05, 0.1) is 19.8 Å². The number of nitrogens with zero attached hydrogens (tertiary/aromatic N) is 1. The first kappa shape index (κ1) is 22.3. The number of primary amides is 1. The van der Waals surface area contributed by atoms with Crippen LogP contribution in [0.25, 0.3) is 10.8 Å². The van der Waals surface area contributed by atoms with E-state index in [0.717, 1.165) is 48.0 Å². The van der Waals surface area contributed by atoms with Crippen LogP contribution in [-0.4, -0.2) is 44.2 Å². The normalized spacial score (nSPS) is 16.8. The minimum atomic E-state index is -0.440. The lowest BCUT2D eigenvalue weighted by Gasteiger charge is -2.26. The van der Waals surface area contributed by atoms with Crippen LogP contribution < -0.4 is 15.2 Å². The van der Waals surface area contributed by atoms with Gasteiger partial charge in [0.15, 0.2) is 0 Å². The van der Waals surface area contributed by atoms with Crippen molar-refractivity contribution in [2.45, 2.75) is 45.1 Å². The van der Waals surface area contributed by atoms with Gasteiger partial charge >= 0.3 is 0 Å². The molecular formula is C22H31ClN2O3. The molecule has 0 saturated carbocycles. The molecule has 1 unspecified atom stereocenters. The molecule has 0 bridgehead atoms. The van der Waals surface area contributed by atoms with E-state index in [1.54, 1.807) is 14.2 Å². The standard InChI is InChI=1S/C22H30N2O3.ClH/c1-4-5-11-24-12-7-8-16(24)13-15-14-18-17(9-6-10-19(18)26-2)21(27-3)20(15)22(23)25;/h6,9-10,14,16H,4-5,7-8,11-13H2,1-3H3,(H2,23,25);1H. The summed E-state index contributed by atoms with van der Waals surface area (Å²) in [6.45, 7) is 4.46. The van der Waals surface area contributed by atoms with Gasteiger partial charge in [0.25, 0.3) is 5.91 Å². The predicted octanol–water partition coefficient (Wildman–Crippen LogP) is 4.18. The van der Waals surface area contributed by atoms with Crippen LogP contribution in [0.4, 0.5) is 0 Å². The van der Waals surface area contributed by atoms with Crippen LogP contribution in [0.1, 0.15) is 48.5 Å². The van der Waals surface area contributed by atoms with E-state index in [1.807, 2.05) is 18.2 Å². The second-order valence-corrected chi connectivity index (χ2v) is 7.25. The van der Waals surface area contributed by atoms with Crippen molar-refractivity contribution < 1.29 is 14.3 Å². The first-order valence-electron chi connectivity index (χ1n) is 9.81. The average Bonchev–Trinajstić information content (AvgIpc) is 3.11. The minimum Gasteiger partial charge on any atom is -0.496 e. The summed E-state index contributed by atoms with van der Waals surface area (Å²) in [5.74, 6) is 0.883. The lowest BCUT2D eigenvalue weighted by atomic mass is 9.93. The fourth-order valence-corrected chi connectivity index (χ4v) is 4.27. The van der Waals surface area contributed by atoms with E-state index in [2.05, 4.69) is 17.9 Å². The summed E-state index contributed by atoms with van der Waals surface area (Å²) >= 11 is 0. The Morgan fingerprint density at radius 1 is 1.25 bits per heavy atom. The number of methoxy groups -OCH3 is 2. The SMILES string of the molecule is CCCCN1CCCC1Cc1cc2c(OC)cccc2c(OC)c1C(N)=O.Cl. The number of benzene rings is 2. The van der Waals surface area contributed by atoms with Crippen molar-refractivity contribution >= 4 is 29.1 Å². The summed E-state index contributed by atoms with van der Waals surface area (Å²) in [4.78, 5) is 14.9. The zero-order valence-corrected chi connectivity index (χ0v) is 17.8.